The maximum absolute atomic E-state index is 12.6. The molecule has 1 rings (SSSR count). The lowest BCUT2D eigenvalue weighted by atomic mass is 9.94. The van der Waals surface area contributed by atoms with Crippen LogP contribution in [0.2, 0.25) is 0 Å². The Morgan fingerprint density at radius 2 is 2.09 bits per heavy atom. The van der Waals surface area contributed by atoms with Crippen LogP contribution in [0.3, 0.4) is 0 Å². The van der Waals surface area contributed by atoms with E-state index in [1.54, 1.807) is 24.9 Å². The lowest BCUT2D eigenvalue weighted by Gasteiger charge is -2.30. The van der Waals surface area contributed by atoms with Gasteiger partial charge in [0.05, 0.1) is 12.0 Å². The van der Waals surface area contributed by atoms with Gasteiger partial charge in [0.2, 0.25) is 11.8 Å². The van der Waals surface area contributed by atoms with Crippen LogP contribution in [0.15, 0.2) is 6.20 Å². The Hall–Kier alpha value is -1.14. The van der Waals surface area contributed by atoms with Crippen LogP contribution in [0, 0.1) is 18.3 Å². The van der Waals surface area contributed by atoms with Crippen molar-refractivity contribution in [1.82, 2.24) is 9.88 Å². The van der Waals surface area contributed by atoms with Crippen LogP contribution in [-0.4, -0.2) is 40.7 Å². The molecular weight excluding hydrogens is 334 g/mol. The average molecular weight is 360 g/mol. The molecule has 0 saturated heterocycles. The molecule has 1 N–H and O–H groups in total. The fourth-order valence-corrected chi connectivity index (χ4v) is 2.69. The number of hydrogen-bond donors (Lipinski definition) is 1. The zero-order chi connectivity index (χ0) is 17.6. The van der Waals surface area contributed by atoms with E-state index in [2.05, 4.69) is 24.1 Å². The highest BCUT2D eigenvalue weighted by molar-refractivity contribution is 7.15. The van der Waals surface area contributed by atoms with Crippen molar-refractivity contribution in [3.8, 4) is 0 Å². The summed E-state index contributed by atoms with van der Waals surface area (Å²) in [6.07, 6.45) is 2.55. The molecule has 1 aromatic rings. The first-order valence-corrected chi connectivity index (χ1v) is 9.08. The van der Waals surface area contributed by atoms with Crippen LogP contribution in [-0.2, 0) is 9.59 Å². The number of halogens is 1. The number of nitrogens with zero attached hydrogens (tertiary/aromatic N) is 2. The molecule has 0 aliphatic carbocycles. The second kappa shape index (κ2) is 8.64. The molecule has 0 radical (unpaired) electrons. The first kappa shape index (κ1) is 19.9. The fourth-order valence-electron chi connectivity index (χ4n) is 1.90. The topological polar surface area (TPSA) is 62.3 Å². The lowest BCUT2D eigenvalue weighted by Crippen LogP contribution is -2.46. The molecule has 0 atom stereocenters. The van der Waals surface area contributed by atoms with Crippen LogP contribution >= 0.6 is 22.9 Å². The van der Waals surface area contributed by atoms with Gasteiger partial charge >= 0.3 is 0 Å². The van der Waals surface area contributed by atoms with Gasteiger partial charge in [0, 0.05) is 23.5 Å². The Kier molecular flexibility index (Phi) is 7.48. The van der Waals surface area contributed by atoms with Gasteiger partial charge in [-0.3, -0.25) is 9.59 Å². The lowest BCUT2D eigenvalue weighted by molar-refractivity contribution is -0.141. The number of alkyl halides is 1. The monoisotopic (exact) mass is 359 g/mol. The highest BCUT2D eigenvalue weighted by Gasteiger charge is 2.32. The predicted molar refractivity (Wildman–Crippen MR) is 96.0 cm³/mol. The molecule has 1 aromatic heterocycles. The molecule has 0 saturated carbocycles. The zero-order valence-corrected chi connectivity index (χ0v) is 16.1. The van der Waals surface area contributed by atoms with Gasteiger partial charge < -0.3 is 10.2 Å². The van der Waals surface area contributed by atoms with E-state index in [0.29, 0.717) is 17.6 Å². The summed E-state index contributed by atoms with van der Waals surface area (Å²) in [5, 5.41) is 3.30. The van der Waals surface area contributed by atoms with Gasteiger partial charge in [-0.2, -0.15) is 0 Å². The molecule has 0 unspecified atom stereocenters. The standard InChI is InChI=1S/C16H26ClN3O2S/c1-11(2)6-7-20(14(22)16(4,5)10-17)9-13(21)19-15-18-8-12(3)23-15/h8,11H,6-7,9-10H2,1-5H3,(H,18,19,21). The molecule has 2 amide bonds. The van der Waals surface area contributed by atoms with Crippen molar-refractivity contribution in [1.29, 1.82) is 0 Å². The minimum absolute atomic E-state index is 0.0184. The van der Waals surface area contributed by atoms with E-state index in [1.165, 1.54) is 11.3 Å². The Balaban J connectivity index is 2.75. The van der Waals surface area contributed by atoms with Crippen molar-refractivity contribution in [3.05, 3.63) is 11.1 Å². The smallest absolute Gasteiger partial charge is 0.245 e. The molecule has 0 aromatic carbocycles. The summed E-state index contributed by atoms with van der Waals surface area (Å²) < 4.78 is 0. The molecule has 0 aliphatic rings. The van der Waals surface area contributed by atoms with E-state index in [4.69, 9.17) is 11.6 Å². The van der Waals surface area contributed by atoms with Crippen LogP contribution in [0.4, 0.5) is 5.13 Å². The number of aromatic nitrogens is 1. The number of amides is 2. The number of aryl methyl sites for hydroxylation is 1. The third-order valence-corrected chi connectivity index (χ3v) is 4.88. The number of carbonyl (C=O) groups excluding carboxylic acids is 2. The zero-order valence-electron chi connectivity index (χ0n) is 14.5. The molecule has 0 bridgehead atoms. The summed E-state index contributed by atoms with van der Waals surface area (Å²) in [7, 11) is 0. The summed E-state index contributed by atoms with van der Waals surface area (Å²) in [6, 6.07) is 0. The third-order valence-electron chi connectivity index (χ3n) is 3.38. The Morgan fingerprint density at radius 3 is 2.57 bits per heavy atom. The summed E-state index contributed by atoms with van der Waals surface area (Å²) in [4.78, 5) is 31.6. The van der Waals surface area contributed by atoms with Crippen molar-refractivity contribution in [2.45, 2.75) is 41.0 Å². The van der Waals surface area contributed by atoms with Gasteiger partial charge in [0.1, 0.15) is 0 Å². The number of thiazole rings is 1. The summed E-state index contributed by atoms with van der Waals surface area (Å²) in [5.74, 6) is 0.339. The number of nitrogens with one attached hydrogen (secondary N) is 1. The van der Waals surface area contributed by atoms with Gasteiger partial charge in [-0.1, -0.05) is 13.8 Å². The largest absolute Gasteiger partial charge is 0.333 e. The first-order chi connectivity index (χ1) is 10.7. The molecule has 1 heterocycles. The molecule has 7 heteroatoms. The molecule has 130 valence electrons. The van der Waals surface area contributed by atoms with Crippen LogP contribution in [0.1, 0.15) is 39.0 Å². The number of carbonyl (C=O) groups is 2. The quantitative estimate of drug-likeness (QED) is 0.722. The van der Waals surface area contributed by atoms with Gasteiger partial charge in [-0.05, 0) is 33.1 Å². The number of anilines is 1. The summed E-state index contributed by atoms with van der Waals surface area (Å²) in [6.45, 7) is 10.3. The van der Waals surface area contributed by atoms with Crippen molar-refractivity contribution in [2.75, 3.05) is 24.3 Å². The Labute approximate surface area is 147 Å². The van der Waals surface area contributed by atoms with Crippen molar-refractivity contribution in [2.24, 2.45) is 11.3 Å². The molecule has 23 heavy (non-hydrogen) atoms. The van der Waals surface area contributed by atoms with Gasteiger partial charge in [-0.15, -0.1) is 22.9 Å². The van der Waals surface area contributed by atoms with Gasteiger partial charge in [-0.25, -0.2) is 4.98 Å². The van der Waals surface area contributed by atoms with E-state index >= 15 is 0 Å². The highest BCUT2D eigenvalue weighted by atomic mass is 35.5. The average Bonchev–Trinajstić information content (AvgIpc) is 2.87. The van der Waals surface area contributed by atoms with Gasteiger partial charge in [0.15, 0.2) is 5.13 Å². The molecule has 0 spiro atoms. The second-order valence-corrected chi connectivity index (χ2v) is 8.25. The normalized spacial score (nSPS) is 11.6. The Morgan fingerprint density at radius 1 is 1.43 bits per heavy atom. The molecule has 0 aliphatic heterocycles. The van der Waals surface area contributed by atoms with E-state index < -0.39 is 5.41 Å². The fraction of sp³-hybridized carbons (Fsp3) is 0.688. The number of hydrogen-bond acceptors (Lipinski definition) is 4. The van der Waals surface area contributed by atoms with Gasteiger partial charge in [0.25, 0.3) is 0 Å². The minimum atomic E-state index is -0.684. The van der Waals surface area contributed by atoms with Crippen molar-refractivity contribution in [3.63, 3.8) is 0 Å². The van der Waals surface area contributed by atoms with E-state index in [9.17, 15) is 9.59 Å². The van der Waals surface area contributed by atoms with Crippen molar-refractivity contribution < 1.29 is 9.59 Å². The maximum atomic E-state index is 12.6. The van der Waals surface area contributed by atoms with Crippen LogP contribution < -0.4 is 5.32 Å². The van der Waals surface area contributed by atoms with Crippen molar-refractivity contribution >= 4 is 39.9 Å². The molecule has 5 nitrogen and oxygen atoms in total. The van der Waals surface area contributed by atoms with E-state index in [1.807, 2.05) is 6.92 Å². The van der Waals surface area contributed by atoms with E-state index in [0.717, 1.165) is 11.3 Å². The van der Waals surface area contributed by atoms with Crippen LogP contribution in [0.25, 0.3) is 0 Å². The third kappa shape index (κ3) is 6.47. The number of rotatable bonds is 8. The summed E-state index contributed by atoms with van der Waals surface area (Å²) in [5.41, 5.74) is -0.684. The molecular formula is C16H26ClN3O2S. The summed E-state index contributed by atoms with van der Waals surface area (Å²) >= 11 is 7.32. The van der Waals surface area contributed by atoms with E-state index in [-0.39, 0.29) is 24.2 Å². The second-order valence-electron chi connectivity index (χ2n) is 6.75. The first-order valence-electron chi connectivity index (χ1n) is 7.73. The highest BCUT2D eigenvalue weighted by Crippen LogP contribution is 2.22. The predicted octanol–water partition coefficient (Wildman–Crippen LogP) is 3.53. The van der Waals surface area contributed by atoms with Crippen LogP contribution in [0.5, 0.6) is 0 Å². The Bertz CT molecular complexity index is 543. The SMILES string of the molecule is Cc1cnc(NC(=O)CN(CCC(C)C)C(=O)C(C)(C)CCl)s1. The maximum Gasteiger partial charge on any atom is 0.245 e. The molecule has 0 fully saturated rings. The minimum Gasteiger partial charge on any atom is -0.333 e.